The van der Waals surface area contributed by atoms with E-state index < -0.39 is 0 Å². The minimum Gasteiger partial charge on any atom is -0.497 e. The van der Waals surface area contributed by atoms with Crippen LogP contribution in [-0.4, -0.2) is 23.2 Å². The summed E-state index contributed by atoms with van der Waals surface area (Å²) in [5, 5.41) is 9.54. The number of nitrogens with one attached hydrogen (secondary N) is 2. The van der Waals surface area contributed by atoms with Crippen molar-refractivity contribution in [1.29, 1.82) is 0 Å². The summed E-state index contributed by atoms with van der Waals surface area (Å²) in [6.07, 6.45) is 4.06. The fourth-order valence-corrected chi connectivity index (χ4v) is 1.66. The average Bonchev–Trinajstić information content (AvgIpc) is 2.93. The van der Waals surface area contributed by atoms with Crippen LogP contribution in [0.3, 0.4) is 0 Å². The zero-order valence-corrected chi connectivity index (χ0v) is 11.5. The molecule has 0 saturated heterocycles. The van der Waals surface area contributed by atoms with Crippen molar-refractivity contribution in [2.45, 2.75) is 13.3 Å². The second-order valence-corrected chi connectivity index (χ2v) is 4.23. The zero-order valence-electron chi connectivity index (χ0n) is 11.5. The van der Waals surface area contributed by atoms with E-state index >= 15 is 0 Å². The summed E-state index contributed by atoms with van der Waals surface area (Å²) in [6.45, 7) is 2.02. The Hall–Kier alpha value is -2.56. The lowest BCUT2D eigenvalue weighted by Crippen LogP contribution is -2.07. The van der Waals surface area contributed by atoms with Gasteiger partial charge in [-0.05, 0) is 30.2 Å². The highest BCUT2D eigenvalue weighted by atomic mass is 16.5. The summed E-state index contributed by atoms with van der Waals surface area (Å²) >= 11 is 0. The number of ether oxygens (including phenoxy) is 1. The number of nitrogens with zero attached hydrogens (tertiary/aromatic N) is 1. The van der Waals surface area contributed by atoms with E-state index in [1.165, 1.54) is 6.08 Å². The molecule has 0 bridgehead atoms. The predicted molar refractivity (Wildman–Crippen MR) is 78.6 cm³/mol. The van der Waals surface area contributed by atoms with Crippen molar-refractivity contribution in [3.8, 4) is 5.75 Å². The van der Waals surface area contributed by atoms with Crippen molar-refractivity contribution < 1.29 is 9.53 Å². The van der Waals surface area contributed by atoms with Crippen molar-refractivity contribution in [3.05, 3.63) is 47.7 Å². The van der Waals surface area contributed by atoms with E-state index in [2.05, 4.69) is 15.5 Å². The number of aromatic amines is 1. The van der Waals surface area contributed by atoms with Crippen LogP contribution in [0, 0.1) is 0 Å². The summed E-state index contributed by atoms with van der Waals surface area (Å²) in [4.78, 5) is 11.7. The van der Waals surface area contributed by atoms with E-state index in [0.29, 0.717) is 5.82 Å². The number of rotatable bonds is 5. The maximum atomic E-state index is 11.7. The van der Waals surface area contributed by atoms with E-state index in [4.69, 9.17) is 4.74 Å². The second kappa shape index (κ2) is 6.56. The lowest BCUT2D eigenvalue weighted by atomic mass is 10.2. The Morgan fingerprint density at radius 3 is 2.75 bits per heavy atom. The number of benzene rings is 1. The van der Waals surface area contributed by atoms with Gasteiger partial charge in [0.2, 0.25) is 5.91 Å². The predicted octanol–water partition coefficient (Wildman–Crippen LogP) is 2.63. The second-order valence-electron chi connectivity index (χ2n) is 4.23. The zero-order chi connectivity index (χ0) is 14.4. The van der Waals surface area contributed by atoms with Crippen molar-refractivity contribution >= 4 is 17.8 Å². The SMILES string of the molecule is CCc1cc(NC(=O)/C=C/c2ccc(OC)cc2)n[nH]1. The molecule has 1 heterocycles. The normalized spacial score (nSPS) is 10.7. The third-order valence-corrected chi connectivity index (χ3v) is 2.81. The highest BCUT2D eigenvalue weighted by molar-refractivity contribution is 6.01. The number of H-pyrrole nitrogens is 1. The molecule has 5 heteroatoms. The molecule has 2 N–H and O–H groups in total. The number of methoxy groups -OCH3 is 1. The van der Waals surface area contributed by atoms with Crippen molar-refractivity contribution in [2.75, 3.05) is 12.4 Å². The molecule has 0 saturated carbocycles. The molecule has 1 amide bonds. The first kappa shape index (κ1) is 13.9. The topological polar surface area (TPSA) is 67.0 Å². The van der Waals surface area contributed by atoms with Gasteiger partial charge in [0.05, 0.1) is 7.11 Å². The van der Waals surface area contributed by atoms with Gasteiger partial charge in [0.15, 0.2) is 5.82 Å². The first-order chi connectivity index (χ1) is 9.71. The lowest BCUT2D eigenvalue weighted by Gasteiger charge is -1.99. The number of aromatic nitrogens is 2. The molecule has 2 rings (SSSR count). The van der Waals surface area contributed by atoms with Crippen LogP contribution in [0.1, 0.15) is 18.2 Å². The minimum absolute atomic E-state index is 0.213. The summed E-state index contributed by atoms with van der Waals surface area (Å²) in [5.74, 6) is 1.11. The molecule has 1 aromatic carbocycles. The standard InChI is InChI=1S/C15H17N3O2/c1-3-12-10-14(18-17-12)16-15(19)9-6-11-4-7-13(20-2)8-5-11/h4-10H,3H2,1-2H3,(H2,16,17,18,19)/b9-6+. The quantitative estimate of drug-likeness (QED) is 0.821. The van der Waals surface area contributed by atoms with Gasteiger partial charge in [0.1, 0.15) is 5.75 Å². The number of hydrogen-bond acceptors (Lipinski definition) is 3. The van der Waals surface area contributed by atoms with Gasteiger partial charge in [-0.15, -0.1) is 0 Å². The molecule has 20 heavy (non-hydrogen) atoms. The first-order valence-corrected chi connectivity index (χ1v) is 6.38. The largest absolute Gasteiger partial charge is 0.497 e. The third-order valence-electron chi connectivity index (χ3n) is 2.81. The molecule has 1 aromatic heterocycles. The summed E-state index contributed by atoms with van der Waals surface area (Å²) in [6, 6.07) is 9.27. The van der Waals surface area contributed by atoms with Crippen LogP contribution >= 0.6 is 0 Å². The van der Waals surface area contributed by atoms with E-state index in [1.807, 2.05) is 37.3 Å². The summed E-state index contributed by atoms with van der Waals surface area (Å²) < 4.78 is 5.07. The molecule has 0 aliphatic rings. The van der Waals surface area contributed by atoms with Crippen molar-refractivity contribution in [2.24, 2.45) is 0 Å². The average molecular weight is 271 g/mol. The Morgan fingerprint density at radius 2 is 2.15 bits per heavy atom. The van der Waals surface area contributed by atoms with Crippen LogP contribution in [0.25, 0.3) is 6.08 Å². The van der Waals surface area contributed by atoms with Crippen LogP contribution < -0.4 is 10.1 Å². The Kier molecular flexibility index (Phi) is 4.55. The van der Waals surface area contributed by atoms with Gasteiger partial charge in [0, 0.05) is 17.8 Å². The van der Waals surface area contributed by atoms with Gasteiger partial charge >= 0.3 is 0 Å². The highest BCUT2D eigenvalue weighted by Gasteiger charge is 2.02. The van der Waals surface area contributed by atoms with Crippen LogP contribution in [0.5, 0.6) is 5.75 Å². The summed E-state index contributed by atoms with van der Waals surface area (Å²) in [5.41, 5.74) is 1.91. The van der Waals surface area contributed by atoms with Gasteiger partial charge in [-0.25, -0.2) is 0 Å². The molecular weight excluding hydrogens is 254 g/mol. The maximum Gasteiger partial charge on any atom is 0.249 e. The van der Waals surface area contributed by atoms with Gasteiger partial charge in [0.25, 0.3) is 0 Å². The Labute approximate surface area is 117 Å². The van der Waals surface area contributed by atoms with Gasteiger partial charge < -0.3 is 10.1 Å². The smallest absolute Gasteiger partial charge is 0.249 e. The molecule has 104 valence electrons. The molecule has 0 aliphatic carbocycles. The van der Waals surface area contributed by atoms with Crippen LogP contribution in [0.4, 0.5) is 5.82 Å². The number of hydrogen-bond donors (Lipinski definition) is 2. The van der Waals surface area contributed by atoms with E-state index in [-0.39, 0.29) is 5.91 Å². The van der Waals surface area contributed by atoms with E-state index in [9.17, 15) is 4.79 Å². The van der Waals surface area contributed by atoms with Crippen molar-refractivity contribution in [3.63, 3.8) is 0 Å². The van der Waals surface area contributed by atoms with Crippen molar-refractivity contribution in [1.82, 2.24) is 10.2 Å². The van der Waals surface area contributed by atoms with Crippen LogP contribution in [-0.2, 0) is 11.2 Å². The number of aryl methyl sites for hydroxylation is 1. The molecule has 0 radical (unpaired) electrons. The number of carbonyl (C=O) groups is 1. The number of carbonyl (C=O) groups excluding carboxylic acids is 1. The van der Waals surface area contributed by atoms with Gasteiger partial charge in [-0.1, -0.05) is 19.1 Å². The van der Waals surface area contributed by atoms with Gasteiger partial charge in [-0.3, -0.25) is 9.89 Å². The fourth-order valence-electron chi connectivity index (χ4n) is 1.66. The van der Waals surface area contributed by atoms with E-state index in [0.717, 1.165) is 23.4 Å². The number of amides is 1. The van der Waals surface area contributed by atoms with Crippen LogP contribution in [0.15, 0.2) is 36.4 Å². The molecule has 0 unspecified atom stereocenters. The van der Waals surface area contributed by atoms with Gasteiger partial charge in [-0.2, -0.15) is 5.10 Å². The minimum atomic E-state index is -0.213. The maximum absolute atomic E-state index is 11.7. The molecule has 5 nitrogen and oxygen atoms in total. The molecule has 0 fully saturated rings. The summed E-state index contributed by atoms with van der Waals surface area (Å²) in [7, 11) is 1.62. The molecular formula is C15H17N3O2. The molecule has 0 aliphatic heterocycles. The highest BCUT2D eigenvalue weighted by Crippen LogP contribution is 2.12. The molecule has 0 atom stereocenters. The van der Waals surface area contributed by atoms with Crippen LogP contribution in [0.2, 0.25) is 0 Å². The fraction of sp³-hybridized carbons (Fsp3) is 0.200. The van der Waals surface area contributed by atoms with E-state index in [1.54, 1.807) is 13.2 Å². The Morgan fingerprint density at radius 1 is 1.40 bits per heavy atom. The Balaban J connectivity index is 1.94. The third kappa shape index (κ3) is 3.71. The number of anilines is 1. The Bertz CT molecular complexity index is 600. The lowest BCUT2D eigenvalue weighted by molar-refractivity contribution is -0.111. The monoisotopic (exact) mass is 271 g/mol. The first-order valence-electron chi connectivity index (χ1n) is 6.38. The molecule has 0 spiro atoms. The molecule has 2 aromatic rings.